The van der Waals surface area contributed by atoms with E-state index in [9.17, 15) is 0 Å². The van der Waals surface area contributed by atoms with E-state index in [0.717, 1.165) is 45.2 Å². The molecule has 0 atom stereocenters. The molecule has 1 aromatic carbocycles. The van der Waals surface area contributed by atoms with Crippen LogP contribution in [0.5, 0.6) is 0 Å². The zero-order valence-electron chi connectivity index (χ0n) is 16.3. The molecule has 4 heterocycles. The number of likely N-dealkylation sites (tertiary alicyclic amines) is 1. The molecule has 1 fully saturated rings. The van der Waals surface area contributed by atoms with Crippen LogP contribution in [0.25, 0.3) is 39.1 Å². The van der Waals surface area contributed by atoms with E-state index in [1.807, 2.05) is 6.20 Å². The smallest absolute Gasteiger partial charge is 0.138 e. The number of aromatic nitrogens is 3. The molecule has 0 unspecified atom stereocenters. The number of pyridine rings is 2. The molecular weight excluding hydrogens is 380 g/mol. The van der Waals surface area contributed by atoms with E-state index in [4.69, 9.17) is 11.6 Å². The molecule has 5 rings (SSSR count). The molecule has 0 spiro atoms. The van der Waals surface area contributed by atoms with E-state index in [1.165, 1.54) is 37.9 Å². The van der Waals surface area contributed by atoms with Gasteiger partial charge in [0.2, 0.25) is 0 Å². The van der Waals surface area contributed by atoms with Crippen molar-refractivity contribution in [3.8, 4) is 11.1 Å². The third kappa shape index (κ3) is 3.43. The maximum absolute atomic E-state index is 6.29. The summed E-state index contributed by atoms with van der Waals surface area (Å²) in [7, 11) is 0. The van der Waals surface area contributed by atoms with Gasteiger partial charge in [0, 0.05) is 34.6 Å². The Kier molecular flexibility index (Phi) is 4.82. The van der Waals surface area contributed by atoms with Crippen LogP contribution in [0.2, 0.25) is 5.15 Å². The average molecular weight is 403 g/mol. The second-order valence-corrected chi connectivity index (χ2v) is 8.09. The molecule has 1 saturated heterocycles. The summed E-state index contributed by atoms with van der Waals surface area (Å²) in [6, 6.07) is 11.0. The lowest BCUT2D eigenvalue weighted by Gasteiger charge is -2.26. The monoisotopic (exact) mass is 402 g/mol. The third-order valence-electron chi connectivity index (χ3n) is 5.82. The fraction of sp³-hybridized carbons (Fsp3) is 0.250. The summed E-state index contributed by atoms with van der Waals surface area (Å²) >= 11 is 6.29. The Bertz CT molecular complexity index is 1190. The first-order valence-electron chi connectivity index (χ1n) is 10.1. The van der Waals surface area contributed by atoms with Crippen molar-refractivity contribution in [3.05, 3.63) is 65.6 Å². The minimum absolute atomic E-state index is 0.459. The average Bonchev–Trinajstić information content (AvgIpc) is 3.13. The van der Waals surface area contributed by atoms with E-state index >= 15 is 0 Å². The highest BCUT2D eigenvalue weighted by Gasteiger charge is 2.14. The van der Waals surface area contributed by atoms with Gasteiger partial charge in [0.1, 0.15) is 10.8 Å². The fourth-order valence-corrected chi connectivity index (χ4v) is 4.51. The van der Waals surface area contributed by atoms with Crippen molar-refractivity contribution < 1.29 is 0 Å². The van der Waals surface area contributed by atoms with Crippen LogP contribution in [0.1, 0.15) is 30.4 Å². The molecule has 0 amide bonds. The zero-order valence-corrected chi connectivity index (χ0v) is 17.0. The van der Waals surface area contributed by atoms with Gasteiger partial charge >= 0.3 is 0 Å². The number of nitrogens with one attached hydrogen (secondary N) is 1. The van der Waals surface area contributed by atoms with Crippen molar-refractivity contribution in [2.24, 2.45) is 0 Å². The molecule has 0 aliphatic carbocycles. The van der Waals surface area contributed by atoms with E-state index in [2.05, 4.69) is 56.8 Å². The topological polar surface area (TPSA) is 44.8 Å². The largest absolute Gasteiger partial charge is 0.338 e. The van der Waals surface area contributed by atoms with Crippen molar-refractivity contribution in [1.29, 1.82) is 0 Å². The Labute approximate surface area is 175 Å². The van der Waals surface area contributed by atoms with Crippen LogP contribution in [0.15, 0.2) is 49.3 Å². The van der Waals surface area contributed by atoms with Gasteiger partial charge < -0.3 is 4.98 Å². The second-order valence-electron chi connectivity index (χ2n) is 7.73. The second kappa shape index (κ2) is 7.62. The number of fused-ring (bicyclic) bond motifs is 3. The zero-order chi connectivity index (χ0) is 19.8. The van der Waals surface area contributed by atoms with Gasteiger partial charge in [-0.25, -0.2) is 9.97 Å². The van der Waals surface area contributed by atoms with Crippen LogP contribution in [0.4, 0.5) is 0 Å². The summed E-state index contributed by atoms with van der Waals surface area (Å²) in [6.07, 6.45) is 9.43. The van der Waals surface area contributed by atoms with Crippen LogP contribution < -0.4 is 0 Å². The normalized spacial score (nSPS) is 15.2. The predicted molar refractivity (Wildman–Crippen MR) is 121 cm³/mol. The number of rotatable bonds is 4. The van der Waals surface area contributed by atoms with Gasteiger partial charge in [0.05, 0.1) is 11.7 Å². The van der Waals surface area contributed by atoms with Gasteiger partial charge in [-0.15, -0.1) is 0 Å². The van der Waals surface area contributed by atoms with E-state index in [0.29, 0.717) is 5.15 Å². The Morgan fingerprint density at radius 2 is 1.83 bits per heavy atom. The van der Waals surface area contributed by atoms with Crippen LogP contribution in [0, 0.1) is 0 Å². The number of piperidine rings is 1. The molecule has 0 bridgehead atoms. The summed E-state index contributed by atoms with van der Waals surface area (Å²) in [4.78, 5) is 14.8. The Morgan fingerprint density at radius 1 is 1.03 bits per heavy atom. The Hall–Kier alpha value is -2.69. The molecule has 3 aromatic heterocycles. The molecule has 4 aromatic rings. The summed E-state index contributed by atoms with van der Waals surface area (Å²) < 4.78 is 0. The number of hydrogen-bond donors (Lipinski definition) is 1. The fourth-order valence-electron chi connectivity index (χ4n) is 4.29. The maximum atomic E-state index is 6.29. The first-order valence-corrected chi connectivity index (χ1v) is 10.5. The Balaban J connectivity index is 1.50. The highest BCUT2D eigenvalue weighted by Crippen LogP contribution is 2.33. The highest BCUT2D eigenvalue weighted by molar-refractivity contribution is 6.32. The van der Waals surface area contributed by atoms with Gasteiger partial charge in [0.15, 0.2) is 0 Å². The molecule has 5 heteroatoms. The van der Waals surface area contributed by atoms with Crippen LogP contribution in [-0.4, -0.2) is 32.9 Å². The van der Waals surface area contributed by atoms with E-state index in [-0.39, 0.29) is 0 Å². The molecule has 29 heavy (non-hydrogen) atoms. The quantitative estimate of drug-likeness (QED) is 0.422. The Morgan fingerprint density at radius 3 is 2.59 bits per heavy atom. The molecular formula is C24H23ClN4. The highest BCUT2D eigenvalue weighted by atomic mass is 35.5. The van der Waals surface area contributed by atoms with Crippen LogP contribution >= 0.6 is 11.6 Å². The lowest BCUT2D eigenvalue weighted by molar-refractivity contribution is 0.221. The standard InChI is InChI=1S/C24H23ClN4/c1-2-19-22-20-12-18(13-27-24(20)28-21(22)14-26-23(19)25)17-8-6-16(7-9-17)15-29-10-4-3-5-11-29/h2,6-9,12-14H,1,3-5,10-11,15H2,(H,27,28). The summed E-state index contributed by atoms with van der Waals surface area (Å²) in [5, 5.41) is 2.51. The van der Waals surface area contributed by atoms with Crippen molar-refractivity contribution >= 4 is 39.6 Å². The molecule has 1 aliphatic rings. The van der Waals surface area contributed by atoms with Crippen LogP contribution in [-0.2, 0) is 6.54 Å². The van der Waals surface area contributed by atoms with Gasteiger partial charge in [-0.05, 0) is 43.1 Å². The number of halogens is 1. The SMILES string of the molecule is C=Cc1c(Cl)ncc2[nH]c3ncc(-c4ccc(CN5CCCCC5)cc4)cc3c12. The van der Waals surface area contributed by atoms with Gasteiger partial charge in [-0.3, -0.25) is 4.90 Å². The van der Waals surface area contributed by atoms with E-state index < -0.39 is 0 Å². The predicted octanol–water partition coefficient (Wildman–Crippen LogP) is 6.06. The summed E-state index contributed by atoms with van der Waals surface area (Å²) in [5.41, 5.74) is 6.20. The van der Waals surface area contributed by atoms with Gasteiger partial charge in [-0.2, -0.15) is 0 Å². The molecule has 1 N–H and O–H groups in total. The minimum atomic E-state index is 0.459. The lowest BCUT2D eigenvalue weighted by atomic mass is 10.0. The maximum Gasteiger partial charge on any atom is 0.138 e. The molecule has 0 radical (unpaired) electrons. The minimum Gasteiger partial charge on any atom is -0.338 e. The van der Waals surface area contributed by atoms with Crippen molar-refractivity contribution in [2.75, 3.05) is 13.1 Å². The van der Waals surface area contributed by atoms with Crippen molar-refractivity contribution in [2.45, 2.75) is 25.8 Å². The molecule has 0 saturated carbocycles. The number of benzene rings is 1. The first-order chi connectivity index (χ1) is 14.2. The van der Waals surface area contributed by atoms with Crippen molar-refractivity contribution in [3.63, 3.8) is 0 Å². The van der Waals surface area contributed by atoms with Crippen LogP contribution in [0.3, 0.4) is 0 Å². The van der Waals surface area contributed by atoms with Gasteiger partial charge in [0.25, 0.3) is 0 Å². The first kappa shape index (κ1) is 18.3. The van der Waals surface area contributed by atoms with Gasteiger partial charge in [-0.1, -0.05) is 54.9 Å². The summed E-state index contributed by atoms with van der Waals surface area (Å²) in [5.74, 6) is 0. The van der Waals surface area contributed by atoms with Crippen molar-refractivity contribution in [1.82, 2.24) is 19.9 Å². The number of aromatic amines is 1. The number of hydrogen-bond acceptors (Lipinski definition) is 3. The molecule has 4 nitrogen and oxygen atoms in total. The molecule has 146 valence electrons. The lowest BCUT2D eigenvalue weighted by Crippen LogP contribution is -2.28. The summed E-state index contributed by atoms with van der Waals surface area (Å²) in [6.45, 7) is 7.37. The molecule has 1 aliphatic heterocycles. The third-order valence-corrected chi connectivity index (χ3v) is 6.13. The van der Waals surface area contributed by atoms with E-state index in [1.54, 1.807) is 12.3 Å². The number of nitrogens with zero attached hydrogens (tertiary/aromatic N) is 3. The number of H-pyrrole nitrogens is 1.